The highest BCUT2D eigenvalue weighted by molar-refractivity contribution is 5.71. The molecule has 1 aliphatic carbocycles. The van der Waals surface area contributed by atoms with E-state index in [1.54, 1.807) is 23.1 Å². The number of aromatic nitrogens is 3. The number of fused-ring (bicyclic) bond motifs is 1. The number of halogens is 1. The summed E-state index contributed by atoms with van der Waals surface area (Å²) >= 11 is 0. The third-order valence-electron chi connectivity index (χ3n) is 4.45. The summed E-state index contributed by atoms with van der Waals surface area (Å²) in [5.41, 5.74) is 0.696. The molecule has 114 valence electrons. The molecule has 0 atom stereocenters. The number of anilines is 1. The van der Waals surface area contributed by atoms with Crippen LogP contribution < -0.4 is 5.32 Å². The van der Waals surface area contributed by atoms with Crippen molar-refractivity contribution in [1.29, 1.82) is 0 Å². The van der Waals surface area contributed by atoms with Crippen LogP contribution in [-0.4, -0.2) is 38.5 Å². The molecule has 0 spiro atoms. The van der Waals surface area contributed by atoms with Gasteiger partial charge in [0.05, 0.1) is 12.7 Å². The van der Waals surface area contributed by atoms with Crippen LogP contribution in [0.25, 0.3) is 5.52 Å². The first-order valence-electron chi connectivity index (χ1n) is 7.44. The van der Waals surface area contributed by atoms with E-state index in [0.29, 0.717) is 18.7 Å². The van der Waals surface area contributed by atoms with Gasteiger partial charge < -0.3 is 10.4 Å². The van der Waals surface area contributed by atoms with Crippen molar-refractivity contribution in [1.82, 2.24) is 14.6 Å². The summed E-state index contributed by atoms with van der Waals surface area (Å²) in [6.07, 6.45) is 7.70. The maximum atomic E-state index is 14.8. The predicted octanol–water partition coefficient (Wildman–Crippen LogP) is 2.34. The van der Waals surface area contributed by atoms with Gasteiger partial charge in [0, 0.05) is 19.0 Å². The van der Waals surface area contributed by atoms with Crippen molar-refractivity contribution in [3.63, 3.8) is 0 Å². The van der Waals surface area contributed by atoms with Gasteiger partial charge in [0.1, 0.15) is 11.2 Å². The summed E-state index contributed by atoms with van der Waals surface area (Å²) in [4.78, 5) is 4.31. The quantitative estimate of drug-likeness (QED) is 0.908. The fourth-order valence-corrected chi connectivity index (χ4v) is 3.01. The normalized spacial score (nSPS) is 26.1. The van der Waals surface area contributed by atoms with E-state index in [9.17, 15) is 4.39 Å². The van der Waals surface area contributed by atoms with E-state index in [-0.39, 0.29) is 19.1 Å². The van der Waals surface area contributed by atoms with Crippen molar-refractivity contribution in [2.24, 2.45) is 5.92 Å². The van der Waals surface area contributed by atoms with E-state index in [4.69, 9.17) is 5.11 Å². The minimum Gasteiger partial charge on any atom is -0.396 e. The van der Waals surface area contributed by atoms with Gasteiger partial charge >= 0.3 is 0 Å². The molecule has 1 aliphatic rings. The molecule has 2 aromatic rings. The highest BCUT2D eigenvalue weighted by Gasteiger charge is 2.35. The van der Waals surface area contributed by atoms with E-state index >= 15 is 0 Å². The fourth-order valence-electron chi connectivity index (χ4n) is 3.01. The van der Waals surface area contributed by atoms with Crippen LogP contribution in [-0.2, 0) is 0 Å². The second-order valence-electron chi connectivity index (χ2n) is 6.03. The van der Waals surface area contributed by atoms with Crippen LogP contribution in [0.4, 0.5) is 10.2 Å². The Bertz CT molecular complexity index is 619. The Morgan fingerprint density at radius 1 is 1.48 bits per heavy atom. The molecule has 2 N–H and O–H groups in total. The Hall–Kier alpha value is -1.69. The monoisotopic (exact) mass is 292 g/mol. The van der Waals surface area contributed by atoms with Gasteiger partial charge in [0.2, 0.25) is 0 Å². The Kier molecular flexibility index (Phi) is 3.80. The first-order valence-corrected chi connectivity index (χ1v) is 7.44. The molecular formula is C15H21FN4O. The summed E-state index contributed by atoms with van der Waals surface area (Å²) in [5.74, 6) is 0.932. The Morgan fingerprint density at radius 2 is 2.24 bits per heavy atom. The smallest absolute Gasteiger partial charge is 0.152 e. The lowest BCUT2D eigenvalue weighted by molar-refractivity contribution is 0.0747. The van der Waals surface area contributed by atoms with Gasteiger partial charge in [0.15, 0.2) is 5.82 Å². The summed E-state index contributed by atoms with van der Waals surface area (Å²) in [5, 5.41) is 16.5. The van der Waals surface area contributed by atoms with Gasteiger partial charge in [0.25, 0.3) is 0 Å². The molecule has 0 saturated heterocycles. The first kappa shape index (κ1) is 14.3. The van der Waals surface area contributed by atoms with Crippen LogP contribution in [0.15, 0.2) is 18.6 Å². The molecular weight excluding hydrogens is 271 g/mol. The molecule has 5 nitrogen and oxygen atoms in total. The second kappa shape index (κ2) is 5.60. The minimum atomic E-state index is -1.21. The topological polar surface area (TPSA) is 62.5 Å². The average molecular weight is 292 g/mol. The van der Waals surface area contributed by atoms with Crippen molar-refractivity contribution in [3.8, 4) is 0 Å². The van der Waals surface area contributed by atoms with Gasteiger partial charge in [-0.05, 0) is 44.1 Å². The second-order valence-corrected chi connectivity index (χ2v) is 6.03. The van der Waals surface area contributed by atoms with Gasteiger partial charge in [-0.1, -0.05) is 0 Å². The summed E-state index contributed by atoms with van der Waals surface area (Å²) in [6.45, 7) is 2.38. The number of rotatable bonds is 4. The molecule has 0 amide bonds. The van der Waals surface area contributed by atoms with Gasteiger partial charge in [-0.3, -0.25) is 0 Å². The lowest BCUT2D eigenvalue weighted by atomic mass is 9.80. The number of nitrogens with zero attached hydrogens (tertiary/aromatic N) is 3. The zero-order valence-corrected chi connectivity index (χ0v) is 12.2. The van der Waals surface area contributed by atoms with E-state index in [2.05, 4.69) is 15.4 Å². The SMILES string of the molecule is Cc1cnn2ccnc(NCC3(F)CCC(CO)CC3)c12. The maximum absolute atomic E-state index is 14.8. The first-order chi connectivity index (χ1) is 10.1. The zero-order valence-electron chi connectivity index (χ0n) is 12.2. The summed E-state index contributed by atoms with van der Waals surface area (Å²) in [6, 6.07) is 0. The Morgan fingerprint density at radius 3 is 2.95 bits per heavy atom. The largest absolute Gasteiger partial charge is 0.396 e. The molecule has 0 aliphatic heterocycles. The van der Waals surface area contributed by atoms with Crippen LogP contribution in [0.5, 0.6) is 0 Å². The third kappa shape index (κ3) is 2.85. The predicted molar refractivity (Wildman–Crippen MR) is 79.1 cm³/mol. The number of hydrogen-bond acceptors (Lipinski definition) is 4. The molecule has 2 heterocycles. The van der Waals surface area contributed by atoms with Crippen LogP contribution >= 0.6 is 0 Å². The summed E-state index contributed by atoms with van der Waals surface area (Å²) in [7, 11) is 0. The van der Waals surface area contributed by atoms with Crippen molar-refractivity contribution >= 4 is 11.3 Å². The molecule has 0 radical (unpaired) electrons. The van der Waals surface area contributed by atoms with Crippen molar-refractivity contribution in [2.45, 2.75) is 38.3 Å². The molecule has 0 aromatic carbocycles. The molecule has 0 bridgehead atoms. The van der Waals surface area contributed by atoms with Crippen LogP contribution in [0.3, 0.4) is 0 Å². The number of nitrogens with one attached hydrogen (secondary N) is 1. The standard InChI is InChI=1S/C15H21FN4O/c1-11-8-19-20-7-6-17-14(13(11)20)18-10-15(16)4-2-12(9-21)3-5-15/h6-8,12,21H,2-5,9-10H2,1H3,(H,17,18). The lowest BCUT2D eigenvalue weighted by Gasteiger charge is -2.33. The minimum absolute atomic E-state index is 0.166. The van der Waals surface area contributed by atoms with Crippen molar-refractivity contribution < 1.29 is 9.50 Å². The van der Waals surface area contributed by atoms with Gasteiger partial charge in [-0.15, -0.1) is 0 Å². The molecule has 3 rings (SSSR count). The van der Waals surface area contributed by atoms with E-state index in [1.807, 2.05) is 6.92 Å². The molecule has 21 heavy (non-hydrogen) atoms. The van der Waals surface area contributed by atoms with Crippen LogP contribution in [0.2, 0.25) is 0 Å². The number of aliphatic hydroxyl groups excluding tert-OH is 1. The Balaban J connectivity index is 1.71. The molecule has 2 aromatic heterocycles. The van der Waals surface area contributed by atoms with E-state index < -0.39 is 5.67 Å². The number of aliphatic hydroxyl groups is 1. The lowest BCUT2D eigenvalue weighted by Crippen LogP contribution is -2.37. The maximum Gasteiger partial charge on any atom is 0.152 e. The van der Waals surface area contributed by atoms with E-state index in [1.165, 1.54) is 0 Å². The van der Waals surface area contributed by atoms with Crippen LogP contribution in [0.1, 0.15) is 31.2 Å². The number of alkyl halides is 1. The molecule has 0 unspecified atom stereocenters. The Labute approximate surface area is 123 Å². The molecule has 1 fully saturated rings. The molecule has 1 saturated carbocycles. The van der Waals surface area contributed by atoms with Crippen LogP contribution in [0, 0.1) is 12.8 Å². The van der Waals surface area contributed by atoms with Crippen molar-refractivity contribution in [3.05, 3.63) is 24.2 Å². The number of aryl methyl sites for hydroxylation is 1. The van der Waals surface area contributed by atoms with Gasteiger partial charge in [-0.25, -0.2) is 13.9 Å². The van der Waals surface area contributed by atoms with E-state index in [0.717, 1.165) is 23.9 Å². The average Bonchev–Trinajstić information content (AvgIpc) is 2.88. The number of hydrogen-bond donors (Lipinski definition) is 2. The van der Waals surface area contributed by atoms with Crippen molar-refractivity contribution in [2.75, 3.05) is 18.5 Å². The highest BCUT2D eigenvalue weighted by Crippen LogP contribution is 2.35. The third-order valence-corrected chi connectivity index (χ3v) is 4.45. The zero-order chi connectivity index (χ0) is 14.9. The fraction of sp³-hybridized carbons (Fsp3) is 0.600. The van der Waals surface area contributed by atoms with Gasteiger partial charge in [-0.2, -0.15) is 5.10 Å². The molecule has 6 heteroatoms. The highest BCUT2D eigenvalue weighted by atomic mass is 19.1. The summed E-state index contributed by atoms with van der Waals surface area (Å²) < 4.78 is 16.5.